The Labute approximate surface area is 154 Å². The maximum atomic E-state index is 13.8. The van der Waals surface area contributed by atoms with Gasteiger partial charge in [-0.2, -0.15) is 0 Å². The normalized spacial score (nSPS) is 17.3. The summed E-state index contributed by atoms with van der Waals surface area (Å²) in [5.74, 6) is -0.499. The third kappa shape index (κ3) is 3.75. The fourth-order valence-electron chi connectivity index (χ4n) is 2.97. The van der Waals surface area contributed by atoms with Gasteiger partial charge in [-0.15, -0.1) is 11.3 Å². The number of nitrogens with zero attached hydrogens (tertiary/aromatic N) is 1. The summed E-state index contributed by atoms with van der Waals surface area (Å²) in [6.07, 6.45) is 0.302. The standard InChI is InChI=1S/C19H18FN3O2S/c20-12-5-6-15(22-18(24)10-13-11-25-8-7-21-13)14(9-12)19-23-16-3-1-2-4-17(16)26-19/h1-6,9,13,21H,7-8,10-11H2,(H,22,24). The minimum atomic E-state index is -0.361. The molecule has 26 heavy (non-hydrogen) atoms. The third-order valence-electron chi connectivity index (χ3n) is 4.21. The first-order valence-corrected chi connectivity index (χ1v) is 9.27. The highest BCUT2D eigenvalue weighted by Crippen LogP contribution is 2.35. The number of fused-ring (bicyclic) bond motifs is 1. The van der Waals surface area contributed by atoms with Gasteiger partial charge in [-0.1, -0.05) is 12.1 Å². The van der Waals surface area contributed by atoms with E-state index in [9.17, 15) is 9.18 Å². The average Bonchev–Trinajstić information content (AvgIpc) is 3.08. The zero-order chi connectivity index (χ0) is 17.9. The molecule has 1 aromatic heterocycles. The van der Waals surface area contributed by atoms with Crippen molar-refractivity contribution in [3.63, 3.8) is 0 Å². The summed E-state index contributed by atoms with van der Waals surface area (Å²) in [7, 11) is 0. The Bertz CT molecular complexity index is 904. The Morgan fingerprint density at radius 2 is 2.23 bits per heavy atom. The van der Waals surface area contributed by atoms with E-state index in [0.29, 0.717) is 35.9 Å². The van der Waals surface area contributed by atoms with Gasteiger partial charge in [-0.25, -0.2) is 9.37 Å². The molecule has 5 nitrogen and oxygen atoms in total. The molecule has 0 bridgehead atoms. The number of morpholine rings is 1. The van der Waals surface area contributed by atoms with Crippen LogP contribution >= 0.6 is 11.3 Å². The van der Waals surface area contributed by atoms with Crippen molar-refractivity contribution in [3.05, 3.63) is 48.3 Å². The molecule has 7 heteroatoms. The minimum absolute atomic E-state index is 0.00454. The molecule has 1 saturated heterocycles. The molecule has 134 valence electrons. The molecule has 1 aliphatic heterocycles. The Morgan fingerprint density at radius 1 is 1.35 bits per heavy atom. The lowest BCUT2D eigenvalue weighted by atomic mass is 10.1. The van der Waals surface area contributed by atoms with Crippen LogP contribution in [0.1, 0.15) is 6.42 Å². The van der Waals surface area contributed by atoms with Crippen LogP contribution in [0, 0.1) is 5.82 Å². The highest BCUT2D eigenvalue weighted by Gasteiger charge is 2.19. The number of benzene rings is 2. The van der Waals surface area contributed by atoms with Gasteiger partial charge in [-0.05, 0) is 30.3 Å². The molecule has 4 rings (SSSR count). The molecule has 0 radical (unpaired) electrons. The van der Waals surface area contributed by atoms with E-state index in [1.54, 1.807) is 6.07 Å². The predicted octanol–water partition coefficient (Wildman–Crippen LogP) is 3.42. The van der Waals surface area contributed by atoms with Crippen molar-refractivity contribution in [2.75, 3.05) is 25.1 Å². The van der Waals surface area contributed by atoms with Gasteiger partial charge in [0.25, 0.3) is 0 Å². The smallest absolute Gasteiger partial charge is 0.226 e. The van der Waals surface area contributed by atoms with E-state index in [0.717, 1.165) is 16.8 Å². The molecule has 1 aliphatic rings. The Hall–Kier alpha value is -2.35. The highest BCUT2D eigenvalue weighted by molar-refractivity contribution is 7.21. The summed E-state index contributed by atoms with van der Waals surface area (Å²) in [5, 5.41) is 6.83. The monoisotopic (exact) mass is 371 g/mol. The number of para-hydroxylation sites is 1. The first-order chi connectivity index (χ1) is 12.7. The van der Waals surface area contributed by atoms with Crippen molar-refractivity contribution in [2.45, 2.75) is 12.5 Å². The van der Waals surface area contributed by atoms with E-state index >= 15 is 0 Å². The van der Waals surface area contributed by atoms with Crippen molar-refractivity contribution in [3.8, 4) is 10.6 Å². The van der Waals surface area contributed by atoms with Crippen LogP contribution in [-0.2, 0) is 9.53 Å². The number of hydrogen-bond donors (Lipinski definition) is 2. The number of amides is 1. The van der Waals surface area contributed by atoms with Crippen molar-refractivity contribution in [1.29, 1.82) is 0 Å². The van der Waals surface area contributed by atoms with Crippen molar-refractivity contribution >= 4 is 33.1 Å². The fourth-order valence-corrected chi connectivity index (χ4v) is 3.96. The summed E-state index contributed by atoms with van der Waals surface area (Å²) in [5.41, 5.74) is 2.01. The maximum Gasteiger partial charge on any atom is 0.226 e. The Balaban J connectivity index is 1.59. The van der Waals surface area contributed by atoms with Gasteiger partial charge in [0, 0.05) is 24.6 Å². The first-order valence-electron chi connectivity index (χ1n) is 8.45. The zero-order valence-corrected chi connectivity index (χ0v) is 14.8. The molecule has 0 spiro atoms. The Morgan fingerprint density at radius 3 is 3.04 bits per heavy atom. The van der Waals surface area contributed by atoms with Gasteiger partial charge in [0.2, 0.25) is 5.91 Å². The summed E-state index contributed by atoms with van der Waals surface area (Å²) in [4.78, 5) is 17.0. The molecule has 1 atom stereocenters. The second-order valence-electron chi connectivity index (χ2n) is 6.15. The average molecular weight is 371 g/mol. The van der Waals surface area contributed by atoms with Crippen LogP contribution in [0.5, 0.6) is 0 Å². The molecule has 1 amide bonds. The highest BCUT2D eigenvalue weighted by atomic mass is 32.1. The second-order valence-corrected chi connectivity index (χ2v) is 7.19. The quantitative estimate of drug-likeness (QED) is 0.738. The van der Waals surface area contributed by atoms with Gasteiger partial charge >= 0.3 is 0 Å². The fraction of sp³-hybridized carbons (Fsp3) is 0.263. The zero-order valence-electron chi connectivity index (χ0n) is 14.0. The molecular formula is C19H18FN3O2S. The number of carbonyl (C=O) groups excluding carboxylic acids is 1. The number of carbonyl (C=O) groups is 1. The van der Waals surface area contributed by atoms with Gasteiger partial charge in [0.05, 0.1) is 29.1 Å². The van der Waals surface area contributed by atoms with Gasteiger partial charge in [-0.3, -0.25) is 4.79 Å². The summed E-state index contributed by atoms with van der Waals surface area (Å²) < 4.78 is 20.2. The van der Waals surface area contributed by atoms with Crippen molar-refractivity contribution in [2.24, 2.45) is 0 Å². The number of rotatable bonds is 4. The molecule has 2 heterocycles. The number of thiazole rings is 1. The molecule has 3 aromatic rings. The molecule has 2 N–H and O–H groups in total. The van der Waals surface area contributed by atoms with E-state index in [1.165, 1.54) is 23.5 Å². The van der Waals surface area contributed by atoms with Crippen LogP contribution in [0.4, 0.5) is 10.1 Å². The van der Waals surface area contributed by atoms with Crippen LogP contribution in [0.25, 0.3) is 20.8 Å². The van der Waals surface area contributed by atoms with Crippen LogP contribution in [0.3, 0.4) is 0 Å². The first kappa shape index (κ1) is 17.1. The summed E-state index contributed by atoms with van der Waals surface area (Å²) in [6.45, 7) is 1.92. The predicted molar refractivity (Wildman–Crippen MR) is 101 cm³/mol. The molecule has 0 saturated carbocycles. The van der Waals surface area contributed by atoms with Gasteiger partial charge in [0.15, 0.2) is 0 Å². The molecule has 0 aliphatic carbocycles. The van der Waals surface area contributed by atoms with E-state index in [-0.39, 0.29) is 17.8 Å². The molecule has 1 unspecified atom stereocenters. The number of halogens is 1. The maximum absolute atomic E-state index is 13.8. The lowest BCUT2D eigenvalue weighted by Crippen LogP contribution is -2.43. The van der Waals surface area contributed by atoms with Crippen LogP contribution < -0.4 is 10.6 Å². The number of aromatic nitrogens is 1. The topological polar surface area (TPSA) is 63.2 Å². The van der Waals surface area contributed by atoms with Crippen molar-refractivity contribution in [1.82, 2.24) is 10.3 Å². The number of hydrogen-bond acceptors (Lipinski definition) is 5. The van der Waals surface area contributed by atoms with Crippen LogP contribution in [-0.4, -0.2) is 36.7 Å². The van der Waals surface area contributed by atoms with Gasteiger partial charge in [0.1, 0.15) is 10.8 Å². The lowest BCUT2D eigenvalue weighted by molar-refractivity contribution is -0.117. The van der Waals surface area contributed by atoms with E-state index in [2.05, 4.69) is 15.6 Å². The molecular weight excluding hydrogens is 353 g/mol. The summed E-state index contributed by atoms with van der Waals surface area (Å²) in [6, 6.07) is 12.1. The van der Waals surface area contributed by atoms with Gasteiger partial charge < -0.3 is 15.4 Å². The van der Waals surface area contributed by atoms with E-state index in [1.807, 2.05) is 24.3 Å². The molecule has 2 aromatic carbocycles. The molecule has 1 fully saturated rings. The summed E-state index contributed by atoms with van der Waals surface area (Å²) >= 11 is 1.47. The number of ether oxygens (including phenoxy) is 1. The van der Waals surface area contributed by atoms with Crippen LogP contribution in [0.15, 0.2) is 42.5 Å². The van der Waals surface area contributed by atoms with Crippen molar-refractivity contribution < 1.29 is 13.9 Å². The third-order valence-corrected chi connectivity index (χ3v) is 5.28. The minimum Gasteiger partial charge on any atom is -0.378 e. The Kier molecular flexibility index (Phi) is 4.92. The number of anilines is 1. The second kappa shape index (κ2) is 7.49. The van der Waals surface area contributed by atoms with Crippen LogP contribution in [0.2, 0.25) is 0 Å². The number of nitrogens with one attached hydrogen (secondary N) is 2. The largest absolute Gasteiger partial charge is 0.378 e. The van der Waals surface area contributed by atoms with E-state index in [4.69, 9.17) is 4.74 Å². The SMILES string of the molecule is O=C(CC1COCCN1)Nc1ccc(F)cc1-c1nc2ccccc2s1. The van der Waals surface area contributed by atoms with E-state index < -0.39 is 0 Å². The lowest BCUT2D eigenvalue weighted by Gasteiger charge is -2.23.